The quantitative estimate of drug-likeness (QED) is 0.850. The van der Waals surface area contributed by atoms with E-state index in [1.165, 1.54) is 12.3 Å². The van der Waals surface area contributed by atoms with Gasteiger partial charge in [0.15, 0.2) is 11.5 Å². The van der Waals surface area contributed by atoms with Gasteiger partial charge in [-0.25, -0.2) is 9.07 Å². The lowest BCUT2D eigenvalue weighted by atomic mass is 9.91. The molecule has 132 valence electrons. The molecule has 0 aliphatic heterocycles. The van der Waals surface area contributed by atoms with Crippen molar-refractivity contribution in [2.45, 2.75) is 31.6 Å². The lowest BCUT2D eigenvalue weighted by Gasteiger charge is -2.24. The smallest absolute Gasteiger partial charge is 0.341 e. The second-order valence-corrected chi connectivity index (χ2v) is 5.64. The van der Waals surface area contributed by atoms with Gasteiger partial charge in [0.05, 0.1) is 24.3 Å². The number of benzene rings is 1. The number of rotatable bonds is 4. The Labute approximate surface area is 138 Å². The molecule has 1 aromatic heterocycles. The number of halogens is 4. The van der Waals surface area contributed by atoms with E-state index < -0.39 is 29.5 Å². The minimum Gasteiger partial charge on any atom is -0.341 e. The Balaban J connectivity index is 1.71. The number of aromatic nitrogens is 3. The number of ketones is 1. The maximum atomic E-state index is 13.3. The first-order valence-electron chi connectivity index (χ1n) is 7.33. The highest BCUT2D eigenvalue weighted by molar-refractivity contribution is 5.98. The normalized spacial score (nSPS) is 17.3. The van der Waals surface area contributed by atoms with E-state index >= 15 is 0 Å². The molecule has 1 amide bonds. The summed E-state index contributed by atoms with van der Waals surface area (Å²) in [6.07, 6.45) is -2.57. The van der Waals surface area contributed by atoms with Gasteiger partial charge >= 0.3 is 6.18 Å². The third-order valence-corrected chi connectivity index (χ3v) is 3.83. The molecule has 25 heavy (non-hydrogen) atoms. The highest BCUT2D eigenvalue weighted by atomic mass is 19.4. The number of carbonyl (C=O) groups is 2. The van der Waals surface area contributed by atoms with Crippen LogP contribution in [0.3, 0.4) is 0 Å². The van der Waals surface area contributed by atoms with Gasteiger partial charge in [-0.1, -0.05) is 11.3 Å². The Kier molecular flexibility index (Phi) is 4.27. The maximum Gasteiger partial charge on any atom is 0.419 e. The standard InChI is InChI=1S/C15H12F4N4O2/c16-10-2-1-8(5-9(10)15(17,18)19)6-23-7-12(21-22-23)14(25)20-11-3-4-13(11)24/h1-2,5,7,11H,3-4,6H2,(H,20,25). The highest BCUT2D eigenvalue weighted by Crippen LogP contribution is 2.32. The third kappa shape index (κ3) is 3.67. The van der Waals surface area contributed by atoms with Gasteiger partial charge in [0.1, 0.15) is 5.82 Å². The van der Waals surface area contributed by atoms with Crippen LogP contribution in [-0.2, 0) is 17.5 Å². The van der Waals surface area contributed by atoms with Gasteiger partial charge in [-0.15, -0.1) is 5.10 Å². The van der Waals surface area contributed by atoms with Crippen molar-refractivity contribution in [2.24, 2.45) is 0 Å². The molecule has 1 N–H and O–H groups in total. The van der Waals surface area contributed by atoms with E-state index in [9.17, 15) is 27.2 Å². The Morgan fingerprint density at radius 3 is 2.72 bits per heavy atom. The van der Waals surface area contributed by atoms with Crippen molar-refractivity contribution in [2.75, 3.05) is 0 Å². The molecule has 1 aliphatic rings. The van der Waals surface area contributed by atoms with Gasteiger partial charge < -0.3 is 5.32 Å². The second kappa shape index (κ2) is 6.26. The van der Waals surface area contributed by atoms with Crippen LogP contribution >= 0.6 is 0 Å². The van der Waals surface area contributed by atoms with E-state index in [1.54, 1.807) is 0 Å². The fraction of sp³-hybridized carbons (Fsp3) is 0.333. The number of hydrogen-bond acceptors (Lipinski definition) is 4. The summed E-state index contributed by atoms with van der Waals surface area (Å²) in [7, 11) is 0. The molecule has 2 aromatic rings. The predicted octanol–water partition coefficient (Wildman–Crippen LogP) is 1.95. The van der Waals surface area contributed by atoms with Crippen LogP contribution in [-0.4, -0.2) is 32.7 Å². The third-order valence-electron chi connectivity index (χ3n) is 3.83. The van der Waals surface area contributed by atoms with Crippen LogP contribution in [0.5, 0.6) is 0 Å². The van der Waals surface area contributed by atoms with Gasteiger partial charge in [-0.2, -0.15) is 13.2 Å². The Bertz CT molecular complexity index is 831. The molecule has 0 saturated heterocycles. The van der Waals surface area contributed by atoms with E-state index in [4.69, 9.17) is 0 Å². The Hall–Kier alpha value is -2.78. The van der Waals surface area contributed by atoms with Crippen LogP contribution in [0.15, 0.2) is 24.4 Å². The second-order valence-electron chi connectivity index (χ2n) is 5.64. The Morgan fingerprint density at radius 1 is 1.36 bits per heavy atom. The summed E-state index contributed by atoms with van der Waals surface area (Å²) in [5, 5.41) is 9.79. The van der Waals surface area contributed by atoms with Crippen molar-refractivity contribution in [3.63, 3.8) is 0 Å². The van der Waals surface area contributed by atoms with Crippen molar-refractivity contribution in [3.8, 4) is 0 Å². The summed E-state index contributed by atoms with van der Waals surface area (Å²) in [6.45, 7) is -0.119. The van der Waals surface area contributed by atoms with E-state index in [-0.39, 0.29) is 23.6 Å². The first-order valence-corrected chi connectivity index (χ1v) is 7.33. The fourth-order valence-electron chi connectivity index (χ4n) is 2.35. The summed E-state index contributed by atoms with van der Waals surface area (Å²) in [5.74, 6) is -2.01. The monoisotopic (exact) mass is 356 g/mol. The van der Waals surface area contributed by atoms with Gasteiger partial charge in [-0.3, -0.25) is 9.59 Å². The van der Waals surface area contributed by atoms with Crippen LogP contribution in [0.1, 0.15) is 34.5 Å². The zero-order valence-corrected chi connectivity index (χ0v) is 12.7. The first kappa shape index (κ1) is 17.1. The SMILES string of the molecule is O=C(NC1CCC1=O)c1cn(Cc2ccc(F)c(C(F)(F)F)c2)nn1. The molecule has 10 heteroatoms. The van der Waals surface area contributed by atoms with Gasteiger partial charge in [0.2, 0.25) is 0 Å². The highest BCUT2D eigenvalue weighted by Gasteiger charge is 2.34. The number of nitrogens with one attached hydrogen (secondary N) is 1. The van der Waals surface area contributed by atoms with Crippen molar-refractivity contribution >= 4 is 11.7 Å². The number of carbonyl (C=O) groups excluding carboxylic acids is 2. The van der Waals surface area contributed by atoms with Crippen LogP contribution in [0.25, 0.3) is 0 Å². The minimum absolute atomic E-state index is 0.0575. The maximum absolute atomic E-state index is 13.3. The summed E-state index contributed by atoms with van der Waals surface area (Å²) < 4.78 is 52.6. The molecule has 1 unspecified atom stereocenters. The van der Waals surface area contributed by atoms with Gasteiger partial charge in [0.25, 0.3) is 5.91 Å². The zero-order valence-electron chi connectivity index (χ0n) is 12.7. The molecule has 1 saturated carbocycles. The van der Waals surface area contributed by atoms with Gasteiger partial charge in [0, 0.05) is 6.42 Å². The summed E-state index contributed by atoms with van der Waals surface area (Å²) in [5.41, 5.74) is -1.27. The van der Waals surface area contributed by atoms with Gasteiger partial charge in [-0.05, 0) is 24.1 Å². The average Bonchev–Trinajstić information content (AvgIpc) is 3.00. The van der Waals surface area contributed by atoms with Crippen LogP contribution < -0.4 is 5.32 Å². The summed E-state index contributed by atoms with van der Waals surface area (Å²) in [4.78, 5) is 23.1. The number of Topliss-reactive ketones (excluding diaryl/α,β-unsaturated/α-hetero) is 1. The summed E-state index contributed by atoms with van der Waals surface area (Å²) >= 11 is 0. The molecule has 0 spiro atoms. The van der Waals surface area contributed by atoms with E-state index in [0.717, 1.165) is 10.7 Å². The molecule has 0 bridgehead atoms. The summed E-state index contributed by atoms with van der Waals surface area (Å²) in [6, 6.07) is 2.08. The number of hydrogen-bond donors (Lipinski definition) is 1. The van der Waals surface area contributed by atoms with Crippen molar-refractivity contribution in [1.29, 1.82) is 0 Å². The topological polar surface area (TPSA) is 76.9 Å². The molecule has 1 heterocycles. The van der Waals surface area contributed by atoms with E-state index in [2.05, 4.69) is 15.6 Å². The molecular formula is C15H12F4N4O2. The largest absolute Gasteiger partial charge is 0.419 e. The first-order chi connectivity index (χ1) is 11.7. The molecule has 1 aliphatic carbocycles. The van der Waals surface area contributed by atoms with Crippen LogP contribution in [0.2, 0.25) is 0 Å². The predicted molar refractivity (Wildman–Crippen MR) is 76.0 cm³/mol. The van der Waals surface area contributed by atoms with Crippen molar-refractivity contribution < 1.29 is 27.2 Å². The van der Waals surface area contributed by atoms with Crippen molar-refractivity contribution in [1.82, 2.24) is 20.3 Å². The molecule has 0 radical (unpaired) electrons. The van der Waals surface area contributed by atoms with Crippen molar-refractivity contribution in [3.05, 3.63) is 47.0 Å². The Morgan fingerprint density at radius 2 is 2.12 bits per heavy atom. The zero-order chi connectivity index (χ0) is 18.2. The number of nitrogens with zero attached hydrogens (tertiary/aromatic N) is 3. The van der Waals surface area contributed by atoms with Crippen LogP contribution in [0.4, 0.5) is 17.6 Å². The molecule has 6 nitrogen and oxygen atoms in total. The average molecular weight is 356 g/mol. The molecule has 1 atom stereocenters. The lowest BCUT2D eigenvalue weighted by molar-refractivity contribution is -0.140. The fourth-order valence-corrected chi connectivity index (χ4v) is 2.35. The molecular weight excluding hydrogens is 344 g/mol. The van der Waals surface area contributed by atoms with Crippen LogP contribution in [0, 0.1) is 5.82 Å². The van der Waals surface area contributed by atoms with E-state index in [0.29, 0.717) is 18.9 Å². The molecule has 1 aromatic carbocycles. The van der Waals surface area contributed by atoms with E-state index in [1.807, 2.05) is 0 Å². The molecule has 3 rings (SSSR count). The number of amides is 1. The minimum atomic E-state index is -4.80. The number of alkyl halides is 3. The molecule has 1 fully saturated rings. The lowest BCUT2D eigenvalue weighted by Crippen LogP contribution is -2.47.